The Balaban J connectivity index is 0.000000451. The molecule has 0 bridgehead atoms. The van der Waals surface area contributed by atoms with E-state index in [2.05, 4.69) is 26.6 Å². The van der Waals surface area contributed by atoms with E-state index in [9.17, 15) is 18.0 Å². The zero-order valence-corrected chi connectivity index (χ0v) is 17.3. The van der Waals surface area contributed by atoms with E-state index in [0.717, 1.165) is 25.1 Å². The third kappa shape index (κ3) is 7.36. The molecule has 2 atom stereocenters. The quantitative estimate of drug-likeness (QED) is 0.625. The van der Waals surface area contributed by atoms with Crippen LogP contribution in [-0.2, 0) is 4.79 Å². The zero-order chi connectivity index (χ0) is 23.9. The Morgan fingerprint density at radius 3 is 2.69 bits per heavy atom. The fraction of sp³-hybridized carbons (Fsp3) is 0.400. The summed E-state index contributed by atoms with van der Waals surface area (Å²) in [5.41, 5.74) is 1.25. The first-order chi connectivity index (χ1) is 15.0. The molecule has 0 radical (unpaired) electrons. The van der Waals surface area contributed by atoms with Crippen molar-refractivity contribution in [2.24, 2.45) is 0 Å². The number of rotatable bonds is 5. The summed E-state index contributed by atoms with van der Waals surface area (Å²) in [6.45, 7) is 1.67. The summed E-state index contributed by atoms with van der Waals surface area (Å²) >= 11 is 0. The van der Waals surface area contributed by atoms with Gasteiger partial charge in [-0.15, -0.1) is 0 Å². The molecular formula is C20H22F3N5O4. The minimum atomic E-state index is -5.08. The average Bonchev–Trinajstić information content (AvgIpc) is 3.37. The van der Waals surface area contributed by atoms with Crippen LogP contribution in [0.5, 0.6) is 0 Å². The van der Waals surface area contributed by atoms with E-state index in [0.29, 0.717) is 17.4 Å². The zero-order valence-electron chi connectivity index (χ0n) is 17.3. The summed E-state index contributed by atoms with van der Waals surface area (Å²) in [6.07, 6.45) is -2.70. The van der Waals surface area contributed by atoms with Crippen molar-refractivity contribution in [2.45, 2.75) is 24.7 Å². The fourth-order valence-electron chi connectivity index (χ4n) is 3.01. The lowest BCUT2D eigenvalue weighted by Gasteiger charge is -2.16. The third-order valence-corrected chi connectivity index (χ3v) is 4.36. The van der Waals surface area contributed by atoms with Crippen LogP contribution in [0, 0.1) is 11.3 Å². The van der Waals surface area contributed by atoms with E-state index in [1.807, 2.05) is 20.2 Å². The van der Waals surface area contributed by atoms with Gasteiger partial charge < -0.3 is 25.1 Å². The van der Waals surface area contributed by atoms with E-state index >= 15 is 0 Å². The molecule has 172 valence electrons. The minimum absolute atomic E-state index is 0.0356. The molecule has 1 fully saturated rings. The molecule has 3 rings (SSSR count). The Morgan fingerprint density at radius 1 is 1.41 bits per heavy atom. The second-order valence-corrected chi connectivity index (χ2v) is 7.30. The largest absolute Gasteiger partial charge is 0.490 e. The van der Waals surface area contributed by atoms with Crippen molar-refractivity contribution >= 4 is 11.9 Å². The number of nitriles is 1. The summed E-state index contributed by atoms with van der Waals surface area (Å²) in [6, 6.07) is 9.52. The number of carboxylic acids is 1. The Kier molecular flexibility index (Phi) is 8.34. The Morgan fingerprint density at radius 2 is 2.09 bits per heavy atom. The number of amides is 1. The molecule has 2 aromatic rings. The van der Waals surface area contributed by atoms with Crippen LogP contribution in [-0.4, -0.2) is 72.3 Å². The summed E-state index contributed by atoms with van der Waals surface area (Å²) in [5.74, 6) is -2.57. The first-order valence-electron chi connectivity index (χ1n) is 9.45. The topological polar surface area (TPSA) is 131 Å². The molecule has 12 heteroatoms. The summed E-state index contributed by atoms with van der Waals surface area (Å²) < 4.78 is 37.3. The number of nitrogens with one attached hydrogen (secondary N) is 2. The van der Waals surface area contributed by atoms with E-state index < -0.39 is 12.1 Å². The summed E-state index contributed by atoms with van der Waals surface area (Å²) in [5, 5.41) is 22.5. The number of alkyl halides is 3. The first kappa shape index (κ1) is 24.8. The highest BCUT2D eigenvalue weighted by Crippen LogP contribution is 2.21. The Labute approximate surface area is 181 Å². The van der Waals surface area contributed by atoms with E-state index in [1.165, 1.54) is 6.20 Å². The molecule has 32 heavy (non-hydrogen) atoms. The van der Waals surface area contributed by atoms with Gasteiger partial charge in [-0.2, -0.15) is 18.4 Å². The molecule has 1 aromatic carbocycles. The lowest BCUT2D eigenvalue weighted by molar-refractivity contribution is -0.192. The van der Waals surface area contributed by atoms with Gasteiger partial charge >= 0.3 is 18.1 Å². The number of aromatic nitrogens is 1. The molecule has 1 amide bonds. The molecule has 0 unspecified atom stereocenters. The maximum Gasteiger partial charge on any atom is 0.490 e. The van der Waals surface area contributed by atoms with Crippen molar-refractivity contribution < 1.29 is 32.3 Å². The monoisotopic (exact) mass is 453 g/mol. The van der Waals surface area contributed by atoms with Gasteiger partial charge in [0, 0.05) is 30.7 Å². The van der Waals surface area contributed by atoms with Gasteiger partial charge in [0.05, 0.1) is 17.8 Å². The number of likely N-dealkylation sites (N-methyl/N-ethyl adjacent to an activating group) is 1. The standard InChI is InChI=1S/C18H21N5O2.C2HF3O2/c1-23(2)11-15-7-14(9-20-15)22-17(24)18-21-10-16(25-18)13-5-3-4-12(6-13)8-19;3-2(4,5)1(6)7/h3-6,10,14-15,20H,7,9,11H2,1-2H3,(H,22,24);(H,6,7)/t14-,15+;/m1./s1. The predicted molar refractivity (Wildman–Crippen MR) is 107 cm³/mol. The second-order valence-electron chi connectivity index (χ2n) is 7.30. The number of oxazole rings is 1. The van der Waals surface area contributed by atoms with Gasteiger partial charge in [-0.05, 0) is 32.6 Å². The molecule has 2 heterocycles. The number of carbonyl (C=O) groups is 2. The van der Waals surface area contributed by atoms with Crippen LogP contribution in [0.15, 0.2) is 34.9 Å². The van der Waals surface area contributed by atoms with Crippen LogP contribution >= 0.6 is 0 Å². The van der Waals surface area contributed by atoms with Gasteiger partial charge in [0.2, 0.25) is 0 Å². The molecule has 1 aliphatic heterocycles. The van der Waals surface area contributed by atoms with Crippen molar-refractivity contribution in [2.75, 3.05) is 27.2 Å². The van der Waals surface area contributed by atoms with Gasteiger partial charge in [0.15, 0.2) is 5.76 Å². The van der Waals surface area contributed by atoms with Gasteiger partial charge in [-0.1, -0.05) is 12.1 Å². The predicted octanol–water partition coefficient (Wildman–Crippen LogP) is 1.87. The summed E-state index contributed by atoms with van der Waals surface area (Å²) in [4.78, 5) is 27.4. The lowest BCUT2D eigenvalue weighted by atomic mass is 10.1. The lowest BCUT2D eigenvalue weighted by Crippen LogP contribution is -2.36. The summed E-state index contributed by atoms with van der Waals surface area (Å²) in [7, 11) is 4.06. The van der Waals surface area contributed by atoms with Gasteiger partial charge in [-0.3, -0.25) is 4.79 Å². The van der Waals surface area contributed by atoms with Crippen molar-refractivity contribution in [3.63, 3.8) is 0 Å². The minimum Gasteiger partial charge on any atom is -0.475 e. The number of carbonyl (C=O) groups excluding carboxylic acids is 1. The number of hydrogen-bond acceptors (Lipinski definition) is 7. The van der Waals surface area contributed by atoms with Gasteiger partial charge in [-0.25, -0.2) is 9.78 Å². The van der Waals surface area contributed by atoms with E-state index in [4.69, 9.17) is 19.6 Å². The maximum absolute atomic E-state index is 12.3. The molecule has 3 N–H and O–H groups in total. The van der Waals surface area contributed by atoms with Gasteiger partial charge in [0.25, 0.3) is 5.89 Å². The molecular weight excluding hydrogens is 431 g/mol. The molecule has 9 nitrogen and oxygen atoms in total. The molecule has 0 aliphatic carbocycles. The maximum atomic E-state index is 12.3. The molecule has 1 saturated heterocycles. The number of nitrogens with zero attached hydrogens (tertiary/aromatic N) is 3. The van der Waals surface area contributed by atoms with Crippen LogP contribution in [0.2, 0.25) is 0 Å². The van der Waals surface area contributed by atoms with Crippen LogP contribution in [0.4, 0.5) is 13.2 Å². The Hall–Kier alpha value is -3.43. The van der Waals surface area contributed by atoms with Gasteiger partial charge in [0.1, 0.15) is 0 Å². The van der Waals surface area contributed by atoms with Crippen LogP contribution in [0.25, 0.3) is 11.3 Å². The fourth-order valence-corrected chi connectivity index (χ4v) is 3.01. The van der Waals surface area contributed by atoms with Crippen LogP contribution in [0.1, 0.15) is 22.7 Å². The van der Waals surface area contributed by atoms with Crippen molar-refractivity contribution in [3.8, 4) is 17.4 Å². The average molecular weight is 453 g/mol. The number of benzene rings is 1. The molecule has 0 saturated carbocycles. The van der Waals surface area contributed by atoms with Crippen molar-refractivity contribution in [3.05, 3.63) is 41.9 Å². The highest BCUT2D eigenvalue weighted by atomic mass is 19.4. The molecule has 0 spiro atoms. The van der Waals surface area contributed by atoms with E-state index in [-0.39, 0.29) is 17.8 Å². The first-order valence-corrected chi connectivity index (χ1v) is 9.45. The number of halogens is 3. The normalized spacial score (nSPS) is 17.9. The van der Waals surface area contributed by atoms with Crippen molar-refractivity contribution in [1.82, 2.24) is 20.5 Å². The number of carboxylic acid groups (broad SMARTS) is 1. The molecule has 1 aromatic heterocycles. The highest BCUT2D eigenvalue weighted by molar-refractivity contribution is 5.90. The smallest absolute Gasteiger partial charge is 0.475 e. The highest BCUT2D eigenvalue weighted by Gasteiger charge is 2.38. The third-order valence-electron chi connectivity index (χ3n) is 4.36. The number of aliphatic carboxylic acids is 1. The van der Waals surface area contributed by atoms with Crippen LogP contribution < -0.4 is 10.6 Å². The second kappa shape index (κ2) is 10.7. The van der Waals surface area contributed by atoms with E-state index in [1.54, 1.807) is 18.2 Å². The number of hydrogen-bond donors (Lipinski definition) is 3. The Bertz CT molecular complexity index is 984. The SMILES string of the molecule is CN(C)C[C@@H]1C[C@@H](NC(=O)c2ncc(-c3cccc(C#N)c3)o2)CN1.O=C(O)C(F)(F)F. The van der Waals surface area contributed by atoms with Crippen molar-refractivity contribution in [1.29, 1.82) is 5.26 Å². The van der Waals surface area contributed by atoms with Crippen LogP contribution in [0.3, 0.4) is 0 Å². The molecule has 1 aliphatic rings.